The van der Waals surface area contributed by atoms with E-state index in [1.54, 1.807) is 0 Å². The first-order chi connectivity index (χ1) is 16.0. The highest BCUT2D eigenvalue weighted by atomic mass is 32.2. The SMILES string of the molecule is CC(C)CCC[C@@H](C)[C@H]1CC[C@@H]2C1CC[C@H]1[C@H]2CC=C2C[C@@H](Sc3ccccc3)CC[C@@]21C. The Morgan fingerprint density at radius 3 is 2.48 bits per heavy atom. The van der Waals surface area contributed by atoms with Crippen molar-refractivity contribution in [3.63, 3.8) is 0 Å². The quantitative estimate of drug-likeness (QED) is 0.362. The maximum Gasteiger partial charge on any atom is 0.0132 e. The lowest BCUT2D eigenvalue weighted by atomic mass is 9.50. The van der Waals surface area contributed by atoms with Crippen molar-refractivity contribution >= 4 is 11.8 Å². The van der Waals surface area contributed by atoms with Crippen LogP contribution in [0.15, 0.2) is 46.9 Å². The van der Waals surface area contributed by atoms with Gasteiger partial charge in [-0.25, -0.2) is 0 Å². The number of benzene rings is 1. The third kappa shape index (κ3) is 4.87. The number of hydrogen-bond acceptors (Lipinski definition) is 1. The summed E-state index contributed by atoms with van der Waals surface area (Å²) in [6.07, 6.45) is 18.8. The van der Waals surface area contributed by atoms with E-state index in [2.05, 4.69) is 75.9 Å². The molecule has 0 heterocycles. The molecule has 3 fully saturated rings. The van der Waals surface area contributed by atoms with Crippen LogP contribution >= 0.6 is 11.8 Å². The lowest BCUT2D eigenvalue weighted by Gasteiger charge is -2.55. The highest BCUT2D eigenvalue weighted by molar-refractivity contribution is 8.00. The van der Waals surface area contributed by atoms with Crippen LogP contribution in [0.4, 0.5) is 0 Å². The van der Waals surface area contributed by atoms with E-state index in [1.807, 2.05) is 5.57 Å². The molecule has 1 unspecified atom stereocenters. The van der Waals surface area contributed by atoms with Gasteiger partial charge >= 0.3 is 0 Å². The first kappa shape index (κ1) is 24.0. The zero-order valence-electron chi connectivity index (χ0n) is 21.8. The molecule has 0 nitrogen and oxygen atoms in total. The van der Waals surface area contributed by atoms with Gasteiger partial charge in [-0.3, -0.25) is 0 Å². The average Bonchev–Trinajstić information content (AvgIpc) is 3.24. The molecule has 4 aliphatic rings. The Bertz CT molecular complexity index is 809. The number of fused-ring (bicyclic) bond motifs is 5. The molecule has 0 spiro atoms. The van der Waals surface area contributed by atoms with Gasteiger partial charge < -0.3 is 0 Å². The smallest absolute Gasteiger partial charge is 0.0132 e. The number of thioether (sulfide) groups is 1. The van der Waals surface area contributed by atoms with E-state index in [0.29, 0.717) is 5.41 Å². The summed E-state index contributed by atoms with van der Waals surface area (Å²) in [6.45, 7) is 10.1. The molecule has 33 heavy (non-hydrogen) atoms. The van der Waals surface area contributed by atoms with Crippen LogP contribution in [0.2, 0.25) is 0 Å². The van der Waals surface area contributed by atoms with Crippen LogP contribution in [-0.4, -0.2) is 5.25 Å². The molecule has 0 radical (unpaired) electrons. The number of hydrogen-bond donors (Lipinski definition) is 0. The second-order valence-electron chi connectivity index (χ2n) is 12.9. The van der Waals surface area contributed by atoms with Crippen LogP contribution < -0.4 is 0 Å². The predicted octanol–water partition coefficient (Wildman–Crippen LogP) is 9.80. The maximum absolute atomic E-state index is 2.76. The molecule has 182 valence electrons. The Hall–Kier alpha value is -0.690. The fourth-order valence-corrected chi connectivity index (χ4v) is 10.1. The van der Waals surface area contributed by atoms with Crippen molar-refractivity contribution in [1.29, 1.82) is 0 Å². The van der Waals surface area contributed by atoms with E-state index >= 15 is 0 Å². The Balaban J connectivity index is 1.23. The summed E-state index contributed by atoms with van der Waals surface area (Å²) in [7, 11) is 0. The van der Waals surface area contributed by atoms with E-state index < -0.39 is 0 Å². The Morgan fingerprint density at radius 2 is 1.70 bits per heavy atom. The molecule has 0 bridgehead atoms. The summed E-state index contributed by atoms with van der Waals surface area (Å²) >= 11 is 2.13. The van der Waals surface area contributed by atoms with Crippen molar-refractivity contribution in [1.82, 2.24) is 0 Å². The van der Waals surface area contributed by atoms with Gasteiger partial charge in [0, 0.05) is 10.1 Å². The van der Waals surface area contributed by atoms with Crippen molar-refractivity contribution in [3.05, 3.63) is 42.0 Å². The van der Waals surface area contributed by atoms with Crippen molar-refractivity contribution in [2.45, 2.75) is 108 Å². The molecule has 0 aliphatic heterocycles. The van der Waals surface area contributed by atoms with Crippen molar-refractivity contribution in [2.75, 3.05) is 0 Å². The van der Waals surface area contributed by atoms with E-state index in [9.17, 15) is 0 Å². The topological polar surface area (TPSA) is 0 Å². The fraction of sp³-hybridized carbons (Fsp3) is 0.750. The normalized spacial score (nSPS) is 38.9. The molecular formula is C32H48S. The second-order valence-corrected chi connectivity index (χ2v) is 14.3. The van der Waals surface area contributed by atoms with Crippen LogP contribution in [0.1, 0.15) is 98.3 Å². The lowest BCUT2D eigenvalue weighted by Crippen LogP contribution is -2.47. The monoisotopic (exact) mass is 464 g/mol. The van der Waals surface area contributed by atoms with Crippen LogP contribution in [0, 0.1) is 46.8 Å². The Morgan fingerprint density at radius 1 is 0.909 bits per heavy atom. The molecule has 5 rings (SSSR count). The van der Waals surface area contributed by atoms with Gasteiger partial charge in [-0.2, -0.15) is 0 Å². The standard InChI is InChI=1S/C32H48S/c1-22(2)9-8-10-23(3)27-15-16-29-28(27)17-18-31-30(29)14-13-24-21-26(19-20-32(24,31)4)33-25-11-6-5-7-12-25/h5-7,11-13,22-23,26-31H,8-10,14-21H2,1-4H3/t23-,26+,27-,28?,29-,30+,31+,32+/m1/s1. The van der Waals surface area contributed by atoms with E-state index in [-0.39, 0.29) is 0 Å². The van der Waals surface area contributed by atoms with Crippen molar-refractivity contribution in [3.8, 4) is 0 Å². The summed E-state index contributed by atoms with van der Waals surface area (Å²) < 4.78 is 0. The third-order valence-corrected chi connectivity index (χ3v) is 11.9. The minimum atomic E-state index is 0.503. The molecule has 4 aliphatic carbocycles. The molecule has 0 aromatic heterocycles. The summed E-state index contributed by atoms with van der Waals surface area (Å²) in [5.74, 6) is 6.88. The predicted molar refractivity (Wildman–Crippen MR) is 145 cm³/mol. The number of allylic oxidation sites excluding steroid dienone is 2. The van der Waals surface area contributed by atoms with E-state index in [1.165, 1.54) is 75.5 Å². The van der Waals surface area contributed by atoms with Crippen LogP contribution in [-0.2, 0) is 0 Å². The van der Waals surface area contributed by atoms with E-state index in [0.717, 1.165) is 46.7 Å². The third-order valence-electron chi connectivity index (χ3n) is 10.7. The number of rotatable bonds is 7. The van der Waals surface area contributed by atoms with Gasteiger partial charge in [0.2, 0.25) is 0 Å². The summed E-state index contributed by atoms with van der Waals surface area (Å²) in [5.41, 5.74) is 2.35. The molecule has 0 amide bonds. The van der Waals surface area contributed by atoms with Crippen molar-refractivity contribution in [2.24, 2.45) is 46.8 Å². The molecule has 8 atom stereocenters. The largest absolute Gasteiger partial charge is 0.122 e. The molecule has 1 heteroatoms. The van der Waals surface area contributed by atoms with Gasteiger partial charge in [0.25, 0.3) is 0 Å². The van der Waals surface area contributed by atoms with E-state index in [4.69, 9.17) is 0 Å². The molecule has 3 saturated carbocycles. The van der Waals surface area contributed by atoms with Gasteiger partial charge in [-0.1, -0.05) is 76.8 Å². The van der Waals surface area contributed by atoms with Crippen LogP contribution in [0.3, 0.4) is 0 Å². The summed E-state index contributed by atoms with van der Waals surface area (Å²) in [5, 5.41) is 0.780. The highest BCUT2D eigenvalue weighted by Crippen LogP contribution is 2.63. The van der Waals surface area contributed by atoms with Crippen LogP contribution in [0.5, 0.6) is 0 Å². The summed E-state index contributed by atoms with van der Waals surface area (Å²) in [4.78, 5) is 1.46. The van der Waals surface area contributed by atoms with Gasteiger partial charge in [-0.15, -0.1) is 11.8 Å². The van der Waals surface area contributed by atoms with Crippen LogP contribution in [0.25, 0.3) is 0 Å². The minimum Gasteiger partial charge on any atom is -0.122 e. The minimum absolute atomic E-state index is 0.503. The molecule has 0 saturated heterocycles. The molecule has 1 aromatic rings. The highest BCUT2D eigenvalue weighted by Gasteiger charge is 2.54. The van der Waals surface area contributed by atoms with Gasteiger partial charge in [0.15, 0.2) is 0 Å². The fourth-order valence-electron chi connectivity index (χ4n) is 8.89. The zero-order chi connectivity index (χ0) is 23.0. The molecular weight excluding hydrogens is 416 g/mol. The first-order valence-electron chi connectivity index (χ1n) is 14.4. The van der Waals surface area contributed by atoms with Gasteiger partial charge in [-0.05, 0) is 110 Å². The average molecular weight is 465 g/mol. The Kier molecular flexibility index (Phi) is 7.37. The maximum atomic E-state index is 2.76. The Labute approximate surface area is 208 Å². The van der Waals surface area contributed by atoms with Gasteiger partial charge in [0.1, 0.15) is 0 Å². The first-order valence-corrected chi connectivity index (χ1v) is 15.2. The van der Waals surface area contributed by atoms with Gasteiger partial charge in [0.05, 0.1) is 0 Å². The summed E-state index contributed by atoms with van der Waals surface area (Å²) in [6, 6.07) is 11.1. The molecule has 0 N–H and O–H groups in total. The lowest BCUT2D eigenvalue weighted by molar-refractivity contribution is 0.000951. The molecule has 1 aromatic carbocycles. The zero-order valence-corrected chi connectivity index (χ0v) is 22.6. The van der Waals surface area contributed by atoms with Crippen molar-refractivity contribution < 1.29 is 0 Å². The second kappa shape index (κ2) is 10.1.